The molecule has 0 aliphatic rings. The van der Waals surface area contributed by atoms with Crippen molar-refractivity contribution in [1.29, 1.82) is 0 Å². The summed E-state index contributed by atoms with van der Waals surface area (Å²) in [6.45, 7) is 3.51. The summed E-state index contributed by atoms with van der Waals surface area (Å²) in [5.74, 6) is -1.34. The van der Waals surface area contributed by atoms with E-state index >= 15 is 0 Å². The van der Waals surface area contributed by atoms with E-state index < -0.39 is 24.0 Å². The van der Waals surface area contributed by atoms with Gasteiger partial charge in [0.25, 0.3) is 11.8 Å². The molecule has 0 bridgehead atoms. The summed E-state index contributed by atoms with van der Waals surface area (Å²) in [6.07, 6.45) is 3.30. The molecule has 0 heterocycles. The molecule has 0 aliphatic heterocycles. The number of carbonyl (C=O) groups excluding carboxylic acids is 2. The van der Waals surface area contributed by atoms with Gasteiger partial charge in [-0.05, 0) is 37.5 Å². The Labute approximate surface area is 130 Å². The van der Waals surface area contributed by atoms with E-state index in [1.807, 2.05) is 12.1 Å². The Kier molecular flexibility index (Phi) is 7.56. The van der Waals surface area contributed by atoms with E-state index in [0.717, 1.165) is 24.8 Å². The van der Waals surface area contributed by atoms with Crippen molar-refractivity contribution in [1.82, 2.24) is 10.8 Å². The summed E-state index contributed by atoms with van der Waals surface area (Å²) in [7, 11) is 0. The summed E-state index contributed by atoms with van der Waals surface area (Å²) in [5.41, 5.74) is 2.98. The van der Waals surface area contributed by atoms with E-state index in [4.69, 9.17) is 5.21 Å². The molecule has 122 valence electrons. The Morgan fingerprint density at radius 1 is 1.18 bits per heavy atom. The third-order valence-corrected chi connectivity index (χ3v) is 3.45. The minimum Gasteiger partial charge on any atom is -0.391 e. The molecule has 0 saturated carbocycles. The fraction of sp³-hybridized carbons (Fsp3) is 0.500. The SMILES string of the molecule is CCCCCc1ccc(C(=O)NC(C(=O)NO)C(C)O)cc1. The first-order chi connectivity index (χ1) is 10.5. The number of carbonyl (C=O) groups is 2. The van der Waals surface area contributed by atoms with E-state index in [1.54, 1.807) is 12.1 Å². The Bertz CT molecular complexity index is 485. The number of nitrogens with one attached hydrogen (secondary N) is 2. The van der Waals surface area contributed by atoms with Crippen LogP contribution in [0, 0.1) is 0 Å². The molecule has 22 heavy (non-hydrogen) atoms. The summed E-state index contributed by atoms with van der Waals surface area (Å²) >= 11 is 0. The van der Waals surface area contributed by atoms with Gasteiger partial charge < -0.3 is 10.4 Å². The zero-order valence-corrected chi connectivity index (χ0v) is 13.0. The molecule has 2 unspecified atom stereocenters. The molecule has 0 spiro atoms. The second-order valence-corrected chi connectivity index (χ2v) is 5.32. The summed E-state index contributed by atoms with van der Waals surface area (Å²) in [4.78, 5) is 23.5. The largest absolute Gasteiger partial charge is 0.391 e. The summed E-state index contributed by atoms with van der Waals surface area (Å²) < 4.78 is 0. The van der Waals surface area contributed by atoms with Crippen LogP contribution in [-0.2, 0) is 11.2 Å². The molecule has 4 N–H and O–H groups in total. The number of rotatable bonds is 8. The third kappa shape index (κ3) is 5.46. The predicted molar refractivity (Wildman–Crippen MR) is 82.5 cm³/mol. The average molecular weight is 308 g/mol. The van der Waals surface area contributed by atoms with Crippen LogP contribution in [0.1, 0.15) is 49.0 Å². The van der Waals surface area contributed by atoms with Crippen LogP contribution >= 0.6 is 0 Å². The predicted octanol–water partition coefficient (Wildman–Crippen LogP) is 1.40. The molecule has 1 aromatic carbocycles. The molecule has 0 aromatic heterocycles. The van der Waals surface area contributed by atoms with Gasteiger partial charge in [0.1, 0.15) is 6.04 Å². The van der Waals surface area contributed by atoms with Crippen LogP contribution in [0.15, 0.2) is 24.3 Å². The number of amides is 2. The molecule has 2 amide bonds. The molecular weight excluding hydrogens is 284 g/mol. The molecule has 2 atom stereocenters. The second kappa shape index (κ2) is 9.17. The Morgan fingerprint density at radius 2 is 1.82 bits per heavy atom. The first-order valence-corrected chi connectivity index (χ1v) is 7.51. The molecule has 6 nitrogen and oxygen atoms in total. The molecule has 6 heteroatoms. The highest BCUT2D eigenvalue weighted by molar-refractivity contribution is 5.97. The first-order valence-electron chi connectivity index (χ1n) is 7.51. The maximum atomic E-state index is 12.1. The lowest BCUT2D eigenvalue weighted by Gasteiger charge is -2.19. The highest BCUT2D eigenvalue weighted by Crippen LogP contribution is 2.09. The van der Waals surface area contributed by atoms with E-state index in [0.29, 0.717) is 5.56 Å². The molecule has 1 aromatic rings. The minimum absolute atomic E-state index is 0.399. The van der Waals surface area contributed by atoms with Crippen molar-refractivity contribution < 1.29 is 19.9 Å². The highest BCUT2D eigenvalue weighted by atomic mass is 16.5. The number of hydrogen-bond acceptors (Lipinski definition) is 4. The van der Waals surface area contributed by atoms with Crippen molar-refractivity contribution in [3.8, 4) is 0 Å². The Morgan fingerprint density at radius 3 is 2.32 bits per heavy atom. The lowest BCUT2D eigenvalue weighted by Crippen LogP contribution is -2.51. The van der Waals surface area contributed by atoms with Gasteiger partial charge in [-0.1, -0.05) is 31.9 Å². The van der Waals surface area contributed by atoms with Crippen molar-refractivity contribution in [2.75, 3.05) is 0 Å². The average Bonchev–Trinajstić information content (AvgIpc) is 2.52. The monoisotopic (exact) mass is 308 g/mol. The number of hydroxylamine groups is 1. The number of aryl methyl sites for hydroxylation is 1. The van der Waals surface area contributed by atoms with Gasteiger partial charge in [0.2, 0.25) is 0 Å². The van der Waals surface area contributed by atoms with Crippen molar-refractivity contribution in [3.05, 3.63) is 35.4 Å². The first kappa shape index (κ1) is 18.1. The van der Waals surface area contributed by atoms with Crippen LogP contribution in [0.2, 0.25) is 0 Å². The van der Waals surface area contributed by atoms with Gasteiger partial charge in [-0.3, -0.25) is 14.8 Å². The Hall–Kier alpha value is -1.92. The van der Waals surface area contributed by atoms with Crippen LogP contribution in [0.4, 0.5) is 0 Å². The highest BCUT2D eigenvalue weighted by Gasteiger charge is 2.25. The lowest BCUT2D eigenvalue weighted by atomic mass is 10.0. The standard InChI is InChI=1S/C16H24N2O4/c1-3-4-5-6-12-7-9-13(10-8-12)15(20)17-14(11(2)19)16(21)18-22/h7-11,14,19,22H,3-6H2,1-2H3,(H,17,20)(H,18,21). The molecule has 0 saturated heterocycles. The van der Waals surface area contributed by atoms with Gasteiger partial charge in [0, 0.05) is 5.56 Å². The lowest BCUT2D eigenvalue weighted by molar-refractivity contribution is -0.133. The van der Waals surface area contributed by atoms with Crippen LogP contribution in [-0.4, -0.2) is 34.3 Å². The van der Waals surface area contributed by atoms with E-state index in [-0.39, 0.29) is 0 Å². The number of benzene rings is 1. The fourth-order valence-electron chi connectivity index (χ4n) is 2.10. The van der Waals surface area contributed by atoms with E-state index in [9.17, 15) is 14.7 Å². The quantitative estimate of drug-likeness (QED) is 0.331. The van der Waals surface area contributed by atoms with Gasteiger partial charge in [-0.25, -0.2) is 5.48 Å². The van der Waals surface area contributed by atoms with Crippen LogP contribution < -0.4 is 10.8 Å². The van der Waals surface area contributed by atoms with Gasteiger partial charge in [-0.2, -0.15) is 0 Å². The van der Waals surface area contributed by atoms with Crippen molar-refractivity contribution in [2.45, 2.75) is 51.7 Å². The second-order valence-electron chi connectivity index (χ2n) is 5.32. The normalized spacial score (nSPS) is 13.3. The fourth-order valence-corrected chi connectivity index (χ4v) is 2.10. The van der Waals surface area contributed by atoms with Gasteiger partial charge in [0.05, 0.1) is 6.10 Å². The van der Waals surface area contributed by atoms with Crippen LogP contribution in [0.3, 0.4) is 0 Å². The maximum Gasteiger partial charge on any atom is 0.268 e. The van der Waals surface area contributed by atoms with Crippen molar-refractivity contribution in [3.63, 3.8) is 0 Å². The van der Waals surface area contributed by atoms with Gasteiger partial charge >= 0.3 is 0 Å². The molecule has 1 rings (SSSR count). The molecule has 0 aliphatic carbocycles. The zero-order valence-electron chi connectivity index (χ0n) is 13.0. The van der Waals surface area contributed by atoms with Gasteiger partial charge in [0.15, 0.2) is 0 Å². The van der Waals surface area contributed by atoms with E-state index in [1.165, 1.54) is 18.8 Å². The number of aliphatic hydroxyl groups is 1. The number of unbranched alkanes of at least 4 members (excludes halogenated alkanes) is 2. The van der Waals surface area contributed by atoms with Crippen molar-refractivity contribution >= 4 is 11.8 Å². The summed E-state index contributed by atoms with van der Waals surface area (Å²) in [6, 6.07) is 5.93. The smallest absolute Gasteiger partial charge is 0.268 e. The van der Waals surface area contributed by atoms with Gasteiger partial charge in [-0.15, -0.1) is 0 Å². The third-order valence-electron chi connectivity index (χ3n) is 3.45. The van der Waals surface area contributed by atoms with E-state index in [2.05, 4.69) is 12.2 Å². The topological polar surface area (TPSA) is 98.7 Å². The maximum absolute atomic E-state index is 12.1. The molecular formula is C16H24N2O4. The van der Waals surface area contributed by atoms with Crippen LogP contribution in [0.25, 0.3) is 0 Å². The zero-order chi connectivity index (χ0) is 16.5. The molecule has 0 fully saturated rings. The van der Waals surface area contributed by atoms with Crippen molar-refractivity contribution in [2.24, 2.45) is 0 Å². The number of hydrogen-bond donors (Lipinski definition) is 4. The minimum atomic E-state index is -1.21. The number of aliphatic hydroxyl groups excluding tert-OH is 1. The Balaban J connectivity index is 2.66. The van der Waals surface area contributed by atoms with Crippen LogP contribution in [0.5, 0.6) is 0 Å². The molecule has 0 radical (unpaired) electrons. The summed E-state index contributed by atoms with van der Waals surface area (Å²) in [5, 5.41) is 20.5.